The van der Waals surface area contributed by atoms with E-state index in [1.54, 1.807) is 11.0 Å². The van der Waals surface area contributed by atoms with E-state index < -0.39 is 11.9 Å². The molecule has 0 radical (unpaired) electrons. The minimum Gasteiger partial charge on any atom is -0.475 e. The highest BCUT2D eigenvalue weighted by Gasteiger charge is 2.34. The summed E-state index contributed by atoms with van der Waals surface area (Å²) in [5, 5.41) is 0. The van der Waals surface area contributed by atoms with E-state index in [0.717, 1.165) is 0 Å². The van der Waals surface area contributed by atoms with Crippen LogP contribution < -0.4 is 4.90 Å². The first-order chi connectivity index (χ1) is 12.2. The Morgan fingerprint density at radius 1 is 1.16 bits per heavy atom. The van der Waals surface area contributed by atoms with Crippen molar-refractivity contribution in [3.63, 3.8) is 0 Å². The molecule has 0 atom stereocenters. The molecule has 1 aromatic rings. The molecular weight excluding hydrogens is 328 g/mol. The Labute approximate surface area is 144 Å². The number of hydrogen-bond donors (Lipinski definition) is 0. The summed E-state index contributed by atoms with van der Waals surface area (Å²) in [4.78, 5) is 30.3. The summed E-state index contributed by atoms with van der Waals surface area (Å²) >= 11 is 0. The minimum atomic E-state index is -0.646. The zero-order valence-electron chi connectivity index (χ0n) is 14.0. The lowest BCUT2D eigenvalue weighted by atomic mass is 10.1. The summed E-state index contributed by atoms with van der Waals surface area (Å²) < 4.78 is 20.7. The van der Waals surface area contributed by atoms with Crippen LogP contribution >= 0.6 is 0 Å². The molecule has 2 aliphatic rings. The number of anilines is 1. The van der Waals surface area contributed by atoms with Crippen LogP contribution in [0.1, 0.15) is 5.56 Å². The van der Waals surface area contributed by atoms with Crippen molar-refractivity contribution in [2.24, 2.45) is 4.99 Å². The van der Waals surface area contributed by atoms with Crippen molar-refractivity contribution in [3.8, 4) is 0 Å². The highest BCUT2D eigenvalue weighted by Crippen LogP contribution is 2.30. The van der Waals surface area contributed by atoms with Crippen molar-refractivity contribution >= 4 is 23.5 Å². The molecule has 0 unspecified atom stereocenters. The monoisotopic (exact) mass is 346 g/mol. The number of benzene rings is 1. The third-order valence-corrected chi connectivity index (χ3v) is 3.84. The van der Waals surface area contributed by atoms with Crippen LogP contribution in [0.15, 0.2) is 40.5 Å². The van der Waals surface area contributed by atoms with Crippen LogP contribution in [-0.2, 0) is 28.5 Å². The highest BCUT2D eigenvalue weighted by atomic mass is 16.5. The molecule has 25 heavy (non-hydrogen) atoms. The third-order valence-electron chi connectivity index (χ3n) is 3.84. The summed E-state index contributed by atoms with van der Waals surface area (Å²) in [5.41, 5.74) is 1.53. The summed E-state index contributed by atoms with van der Waals surface area (Å²) in [6.07, 6.45) is 0. The predicted octanol–water partition coefficient (Wildman–Crippen LogP) is 0.858. The number of rotatable bonds is 4. The number of esters is 2. The van der Waals surface area contributed by atoms with E-state index in [4.69, 9.17) is 18.9 Å². The van der Waals surface area contributed by atoms with Gasteiger partial charge < -0.3 is 23.8 Å². The summed E-state index contributed by atoms with van der Waals surface area (Å²) in [6.45, 7) is 1.13. The van der Waals surface area contributed by atoms with Gasteiger partial charge in [-0.05, 0) is 12.1 Å². The van der Waals surface area contributed by atoms with Gasteiger partial charge in [0.25, 0.3) is 0 Å². The van der Waals surface area contributed by atoms with E-state index in [2.05, 4.69) is 4.99 Å². The molecule has 0 spiro atoms. The van der Waals surface area contributed by atoms with Gasteiger partial charge in [-0.3, -0.25) is 0 Å². The van der Waals surface area contributed by atoms with E-state index in [0.29, 0.717) is 30.3 Å². The Morgan fingerprint density at radius 3 is 2.60 bits per heavy atom. The van der Waals surface area contributed by atoms with Crippen LogP contribution in [0.25, 0.3) is 0 Å². The molecular formula is C17H18N2O6. The fraction of sp³-hybridized carbons (Fsp3) is 0.353. The van der Waals surface area contributed by atoms with E-state index in [-0.39, 0.29) is 24.6 Å². The largest absolute Gasteiger partial charge is 0.475 e. The minimum absolute atomic E-state index is 0.0345. The maximum Gasteiger partial charge on any atom is 0.355 e. The zero-order chi connectivity index (χ0) is 17.8. The predicted molar refractivity (Wildman–Crippen MR) is 88.2 cm³/mol. The van der Waals surface area contributed by atoms with Crippen LogP contribution in [0.4, 0.5) is 5.69 Å². The SMILES string of the molecule is COC(=O)C1=C(C(=O)OC)N(c2ccccc2C2=NCCO2)COC1. The van der Waals surface area contributed by atoms with Gasteiger partial charge in [-0.1, -0.05) is 12.1 Å². The normalized spacial score (nSPS) is 17.0. The second-order valence-electron chi connectivity index (χ2n) is 5.27. The van der Waals surface area contributed by atoms with Gasteiger partial charge >= 0.3 is 11.9 Å². The molecule has 0 fully saturated rings. The van der Waals surface area contributed by atoms with Gasteiger partial charge in [0.2, 0.25) is 5.90 Å². The molecule has 0 N–H and O–H groups in total. The van der Waals surface area contributed by atoms with Crippen molar-refractivity contribution in [3.05, 3.63) is 41.1 Å². The number of nitrogens with zero attached hydrogens (tertiary/aromatic N) is 2. The summed E-state index contributed by atoms with van der Waals surface area (Å²) in [7, 11) is 2.51. The quantitative estimate of drug-likeness (QED) is 0.747. The van der Waals surface area contributed by atoms with Gasteiger partial charge in [-0.25, -0.2) is 14.6 Å². The Morgan fingerprint density at radius 2 is 1.92 bits per heavy atom. The number of hydrogen-bond acceptors (Lipinski definition) is 8. The number of ether oxygens (including phenoxy) is 4. The van der Waals surface area contributed by atoms with Gasteiger partial charge in [-0.15, -0.1) is 0 Å². The van der Waals surface area contributed by atoms with Crippen molar-refractivity contribution in [1.29, 1.82) is 0 Å². The van der Waals surface area contributed by atoms with Crippen LogP contribution in [0, 0.1) is 0 Å². The van der Waals surface area contributed by atoms with Gasteiger partial charge in [0.15, 0.2) is 0 Å². The van der Waals surface area contributed by atoms with Gasteiger partial charge in [-0.2, -0.15) is 0 Å². The van der Waals surface area contributed by atoms with Crippen LogP contribution in [0.3, 0.4) is 0 Å². The first-order valence-corrected chi connectivity index (χ1v) is 7.69. The maximum atomic E-state index is 12.4. The molecule has 8 heteroatoms. The first-order valence-electron chi connectivity index (χ1n) is 7.69. The van der Waals surface area contributed by atoms with E-state index in [1.807, 2.05) is 18.2 Å². The number of carbonyl (C=O) groups is 2. The molecule has 0 aromatic heterocycles. The Hall–Kier alpha value is -2.87. The lowest BCUT2D eigenvalue weighted by Crippen LogP contribution is -2.39. The van der Waals surface area contributed by atoms with Crippen molar-refractivity contribution < 1.29 is 28.5 Å². The number of aliphatic imine (C=N–C) groups is 1. The standard InChI is InChI=1S/C17H18N2O6/c1-22-16(20)12-9-24-10-19(14(12)17(21)23-2)13-6-4-3-5-11(13)15-18-7-8-25-15/h3-6H,7-10H2,1-2H3. The van der Waals surface area contributed by atoms with E-state index in [1.165, 1.54) is 14.2 Å². The fourth-order valence-electron chi connectivity index (χ4n) is 2.72. The zero-order valence-corrected chi connectivity index (χ0v) is 14.0. The van der Waals surface area contributed by atoms with Crippen LogP contribution in [-0.4, -0.2) is 58.5 Å². The summed E-state index contributed by atoms with van der Waals surface area (Å²) in [6, 6.07) is 7.29. The molecule has 0 bridgehead atoms. The molecule has 3 rings (SSSR count). The third kappa shape index (κ3) is 3.20. The fourth-order valence-corrected chi connectivity index (χ4v) is 2.72. The molecule has 2 heterocycles. The second kappa shape index (κ2) is 7.35. The molecule has 0 saturated heterocycles. The van der Waals surface area contributed by atoms with Gasteiger partial charge in [0.05, 0.1) is 44.2 Å². The number of carbonyl (C=O) groups excluding carboxylic acids is 2. The van der Waals surface area contributed by atoms with Crippen molar-refractivity contribution in [1.82, 2.24) is 0 Å². The van der Waals surface area contributed by atoms with Crippen molar-refractivity contribution in [2.75, 3.05) is 45.6 Å². The van der Waals surface area contributed by atoms with E-state index >= 15 is 0 Å². The van der Waals surface area contributed by atoms with Gasteiger partial charge in [0, 0.05) is 0 Å². The lowest BCUT2D eigenvalue weighted by molar-refractivity contribution is -0.140. The Balaban J connectivity index is 2.12. The van der Waals surface area contributed by atoms with E-state index in [9.17, 15) is 9.59 Å². The molecule has 0 aliphatic carbocycles. The molecule has 8 nitrogen and oxygen atoms in total. The van der Waals surface area contributed by atoms with Gasteiger partial charge in [0.1, 0.15) is 19.0 Å². The number of para-hydroxylation sites is 1. The highest BCUT2D eigenvalue weighted by molar-refractivity contribution is 6.06. The number of methoxy groups -OCH3 is 2. The summed E-state index contributed by atoms with van der Waals surface area (Å²) in [5.74, 6) is -0.796. The van der Waals surface area contributed by atoms with Crippen molar-refractivity contribution in [2.45, 2.75) is 0 Å². The first kappa shape index (κ1) is 17.0. The Kier molecular flexibility index (Phi) is 4.99. The Bertz CT molecular complexity index is 755. The smallest absolute Gasteiger partial charge is 0.355 e. The topological polar surface area (TPSA) is 86.7 Å². The molecule has 132 valence electrons. The maximum absolute atomic E-state index is 12.4. The van der Waals surface area contributed by atoms with Crippen LogP contribution in [0.2, 0.25) is 0 Å². The van der Waals surface area contributed by atoms with Crippen LogP contribution in [0.5, 0.6) is 0 Å². The molecule has 0 amide bonds. The molecule has 1 aromatic carbocycles. The average Bonchev–Trinajstić information content (AvgIpc) is 3.20. The lowest BCUT2D eigenvalue weighted by Gasteiger charge is -2.32. The second-order valence-corrected chi connectivity index (χ2v) is 5.27. The average molecular weight is 346 g/mol. The molecule has 0 saturated carbocycles. The molecule has 2 aliphatic heterocycles.